The van der Waals surface area contributed by atoms with Crippen molar-refractivity contribution >= 4 is 22.9 Å². The summed E-state index contributed by atoms with van der Waals surface area (Å²) < 4.78 is 1.64. The van der Waals surface area contributed by atoms with Gasteiger partial charge in [0.1, 0.15) is 0 Å². The number of aryl methyl sites for hydroxylation is 2. The Morgan fingerprint density at radius 3 is 2.94 bits per heavy atom. The number of anilines is 1. The summed E-state index contributed by atoms with van der Waals surface area (Å²) in [6.45, 7) is 5.00. The Labute approximate surface area is 109 Å². The van der Waals surface area contributed by atoms with Gasteiger partial charge in [-0.05, 0) is 13.8 Å². The summed E-state index contributed by atoms with van der Waals surface area (Å²) in [6, 6.07) is 0. The van der Waals surface area contributed by atoms with Crippen LogP contribution in [0, 0.1) is 6.92 Å². The Kier molecular flexibility index (Phi) is 3.61. The molecule has 0 aliphatic carbocycles. The van der Waals surface area contributed by atoms with E-state index in [0.717, 1.165) is 9.88 Å². The Bertz CT molecular complexity index is 560. The third kappa shape index (κ3) is 2.67. The van der Waals surface area contributed by atoms with Crippen LogP contribution in [0.1, 0.15) is 27.3 Å². The summed E-state index contributed by atoms with van der Waals surface area (Å²) in [5.74, 6) is -0.259. The van der Waals surface area contributed by atoms with Crippen molar-refractivity contribution in [2.75, 3.05) is 5.73 Å². The number of nitrogens with one attached hydrogen (secondary N) is 1. The molecule has 96 valence electrons. The minimum absolute atomic E-state index is 0.259. The SMILES string of the molecule is CCn1cc(N)c(C(=O)NCc2cnc(C)s2)n1. The van der Waals surface area contributed by atoms with Crippen molar-refractivity contribution in [3.05, 3.63) is 28.0 Å². The first-order valence-electron chi connectivity index (χ1n) is 5.62. The first-order chi connectivity index (χ1) is 8.60. The maximum atomic E-state index is 11.9. The van der Waals surface area contributed by atoms with Crippen molar-refractivity contribution in [2.24, 2.45) is 0 Å². The molecule has 0 fully saturated rings. The predicted octanol–water partition coefficient (Wildman–Crippen LogP) is 1.18. The van der Waals surface area contributed by atoms with E-state index >= 15 is 0 Å². The van der Waals surface area contributed by atoms with E-state index in [9.17, 15) is 4.79 Å². The van der Waals surface area contributed by atoms with E-state index < -0.39 is 0 Å². The molecule has 2 heterocycles. The average molecular weight is 265 g/mol. The fourth-order valence-corrected chi connectivity index (χ4v) is 2.25. The van der Waals surface area contributed by atoms with Gasteiger partial charge in [-0.3, -0.25) is 9.48 Å². The number of hydrogen-bond acceptors (Lipinski definition) is 5. The van der Waals surface area contributed by atoms with Gasteiger partial charge in [0.25, 0.3) is 5.91 Å². The van der Waals surface area contributed by atoms with Crippen LogP contribution in [0.3, 0.4) is 0 Å². The summed E-state index contributed by atoms with van der Waals surface area (Å²) in [6.07, 6.45) is 3.42. The second-order valence-corrected chi connectivity index (χ2v) is 5.14. The highest BCUT2D eigenvalue weighted by Crippen LogP contribution is 2.12. The van der Waals surface area contributed by atoms with Crippen molar-refractivity contribution in [1.29, 1.82) is 0 Å². The van der Waals surface area contributed by atoms with Crippen molar-refractivity contribution in [2.45, 2.75) is 26.9 Å². The van der Waals surface area contributed by atoms with Crippen LogP contribution in [0.4, 0.5) is 5.69 Å². The van der Waals surface area contributed by atoms with Gasteiger partial charge in [0.05, 0.1) is 17.2 Å². The third-order valence-electron chi connectivity index (χ3n) is 2.42. The first kappa shape index (κ1) is 12.6. The Balaban J connectivity index is 2.01. The van der Waals surface area contributed by atoms with Gasteiger partial charge in [-0.2, -0.15) is 5.10 Å². The van der Waals surface area contributed by atoms with Crippen LogP contribution in [0.5, 0.6) is 0 Å². The molecule has 2 aromatic heterocycles. The zero-order valence-corrected chi connectivity index (χ0v) is 11.1. The number of hydrogen-bond donors (Lipinski definition) is 2. The molecule has 0 spiro atoms. The molecule has 0 unspecified atom stereocenters. The zero-order valence-electron chi connectivity index (χ0n) is 10.3. The highest BCUT2D eigenvalue weighted by Gasteiger charge is 2.14. The molecule has 0 aliphatic heterocycles. The Hall–Kier alpha value is -1.89. The molecule has 0 radical (unpaired) electrons. The largest absolute Gasteiger partial charge is 0.396 e. The molecule has 0 saturated carbocycles. The number of thiazole rings is 1. The summed E-state index contributed by atoms with van der Waals surface area (Å²) in [5, 5.41) is 7.88. The molecule has 0 aromatic carbocycles. The maximum absolute atomic E-state index is 11.9. The molecular formula is C11H15N5OS. The van der Waals surface area contributed by atoms with Crippen molar-refractivity contribution in [3.63, 3.8) is 0 Å². The molecule has 2 rings (SSSR count). The van der Waals surface area contributed by atoms with E-state index in [-0.39, 0.29) is 11.6 Å². The number of carbonyl (C=O) groups excluding carboxylic acids is 1. The molecule has 0 aliphatic rings. The van der Waals surface area contributed by atoms with E-state index in [1.54, 1.807) is 28.4 Å². The van der Waals surface area contributed by atoms with E-state index in [1.165, 1.54) is 0 Å². The van der Waals surface area contributed by atoms with E-state index in [2.05, 4.69) is 15.4 Å². The summed E-state index contributed by atoms with van der Waals surface area (Å²) in [4.78, 5) is 17.0. The first-order valence-corrected chi connectivity index (χ1v) is 6.44. The molecular weight excluding hydrogens is 250 g/mol. The number of amides is 1. The van der Waals surface area contributed by atoms with Crippen molar-refractivity contribution in [3.8, 4) is 0 Å². The lowest BCUT2D eigenvalue weighted by molar-refractivity contribution is 0.0946. The summed E-state index contributed by atoms with van der Waals surface area (Å²) in [5.41, 5.74) is 6.41. The molecule has 6 nitrogen and oxygen atoms in total. The fraction of sp³-hybridized carbons (Fsp3) is 0.364. The number of carbonyl (C=O) groups is 1. The van der Waals surface area contributed by atoms with E-state index in [0.29, 0.717) is 18.8 Å². The quantitative estimate of drug-likeness (QED) is 0.869. The van der Waals surface area contributed by atoms with Gasteiger partial charge in [-0.1, -0.05) is 0 Å². The lowest BCUT2D eigenvalue weighted by Gasteiger charge is -2.01. The molecule has 2 aromatic rings. The highest BCUT2D eigenvalue weighted by atomic mass is 32.1. The summed E-state index contributed by atoms with van der Waals surface area (Å²) >= 11 is 1.56. The number of rotatable bonds is 4. The van der Waals surface area contributed by atoms with Crippen molar-refractivity contribution < 1.29 is 4.79 Å². The van der Waals surface area contributed by atoms with Crippen LogP contribution in [-0.4, -0.2) is 20.7 Å². The standard InChI is InChI=1S/C11H15N5OS/c1-3-16-6-9(12)10(15-16)11(17)14-5-8-4-13-7(2)18-8/h4,6H,3,5,12H2,1-2H3,(H,14,17). The van der Waals surface area contributed by atoms with Gasteiger partial charge < -0.3 is 11.1 Å². The number of nitrogens with two attached hydrogens (primary N) is 1. The monoisotopic (exact) mass is 265 g/mol. The number of nitrogens with zero attached hydrogens (tertiary/aromatic N) is 3. The molecule has 3 N–H and O–H groups in total. The zero-order chi connectivity index (χ0) is 13.1. The van der Waals surface area contributed by atoms with Gasteiger partial charge in [-0.15, -0.1) is 11.3 Å². The van der Waals surface area contributed by atoms with Gasteiger partial charge in [0.15, 0.2) is 5.69 Å². The van der Waals surface area contributed by atoms with Crippen LogP contribution < -0.4 is 11.1 Å². The van der Waals surface area contributed by atoms with E-state index in [1.807, 2.05) is 13.8 Å². The second kappa shape index (κ2) is 5.18. The van der Waals surface area contributed by atoms with Gasteiger partial charge in [-0.25, -0.2) is 4.98 Å². The van der Waals surface area contributed by atoms with Gasteiger partial charge in [0.2, 0.25) is 0 Å². The molecule has 0 bridgehead atoms. The van der Waals surface area contributed by atoms with Crippen LogP contribution in [0.2, 0.25) is 0 Å². The predicted molar refractivity (Wildman–Crippen MR) is 70.3 cm³/mol. The molecule has 0 atom stereocenters. The molecule has 7 heteroatoms. The highest BCUT2D eigenvalue weighted by molar-refractivity contribution is 7.11. The lowest BCUT2D eigenvalue weighted by Crippen LogP contribution is -2.23. The molecule has 1 amide bonds. The Morgan fingerprint density at radius 2 is 2.39 bits per heavy atom. The maximum Gasteiger partial charge on any atom is 0.274 e. The fourth-order valence-electron chi connectivity index (χ4n) is 1.51. The smallest absolute Gasteiger partial charge is 0.274 e. The Morgan fingerprint density at radius 1 is 1.61 bits per heavy atom. The average Bonchev–Trinajstić information content (AvgIpc) is 2.92. The minimum atomic E-state index is -0.259. The number of aromatic nitrogens is 3. The molecule has 18 heavy (non-hydrogen) atoms. The third-order valence-corrected chi connectivity index (χ3v) is 3.33. The van der Waals surface area contributed by atoms with Crippen LogP contribution >= 0.6 is 11.3 Å². The second-order valence-electron chi connectivity index (χ2n) is 3.82. The van der Waals surface area contributed by atoms with Crippen LogP contribution in [0.25, 0.3) is 0 Å². The normalized spacial score (nSPS) is 10.6. The molecule has 0 saturated heterocycles. The minimum Gasteiger partial charge on any atom is -0.396 e. The van der Waals surface area contributed by atoms with Crippen LogP contribution in [-0.2, 0) is 13.1 Å². The van der Waals surface area contributed by atoms with Gasteiger partial charge >= 0.3 is 0 Å². The topological polar surface area (TPSA) is 85.8 Å². The summed E-state index contributed by atoms with van der Waals surface area (Å²) in [7, 11) is 0. The van der Waals surface area contributed by atoms with Crippen molar-refractivity contribution in [1.82, 2.24) is 20.1 Å². The van der Waals surface area contributed by atoms with Crippen LogP contribution in [0.15, 0.2) is 12.4 Å². The lowest BCUT2D eigenvalue weighted by atomic mass is 10.3. The van der Waals surface area contributed by atoms with Gasteiger partial charge in [0, 0.05) is 23.8 Å². The number of nitrogen functional groups attached to an aromatic ring is 1. The van der Waals surface area contributed by atoms with E-state index in [4.69, 9.17) is 5.73 Å².